The van der Waals surface area contributed by atoms with Gasteiger partial charge in [-0.15, -0.1) is 0 Å². The second kappa shape index (κ2) is 5.62. The summed E-state index contributed by atoms with van der Waals surface area (Å²) in [6.07, 6.45) is 0. The molecule has 1 saturated heterocycles. The maximum Gasteiger partial charge on any atom is 0.265 e. The summed E-state index contributed by atoms with van der Waals surface area (Å²) in [5.41, 5.74) is 3.63. The van der Waals surface area contributed by atoms with Gasteiger partial charge >= 0.3 is 0 Å². The van der Waals surface area contributed by atoms with Gasteiger partial charge in [0.2, 0.25) is 0 Å². The Balaban J connectivity index is 1.91. The normalized spacial score (nSPS) is 18.0. The van der Waals surface area contributed by atoms with E-state index in [0.29, 0.717) is 5.56 Å². The van der Waals surface area contributed by atoms with Crippen molar-refractivity contribution in [3.8, 4) is 0 Å². The van der Waals surface area contributed by atoms with Crippen LogP contribution in [0.1, 0.15) is 10.4 Å². The summed E-state index contributed by atoms with van der Waals surface area (Å²) in [7, 11) is 2.17. The summed E-state index contributed by atoms with van der Waals surface area (Å²) >= 11 is 3.35. The first-order valence-corrected chi connectivity index (χ1v) is 6.57. The van der Waals surface area contributed by atoms with E-state index in [1.54, 1.807) is 0 Å². The molecule has 1 aliphatic rings. The van der Waals surface area contributed by atoms with Crippen LogP contribution < -0.4 is 10.3 Å². The van der Waals surface area contributed by atoms with Gasteiger partial charge in [-0.25, -0.2) is 5.01 Å². The average molecular weight is 299 g/mol. The number of likely N-dealkylation sites (N-methyl/N-ethyl adjacent to an activating group) is 1. The van der Waals surface area contributed by atoms with Crippen molar-refractivity contribution in [1.29, 1.82) is 0 Å². The molecule has 1 fully saturated rings. The molecule has 0 bridgehead atoms. The molecule has 0 atom stereocenters. The molecule has 1 aliphatic heterocycles. The summed E-state index contributed by atoms with van der Waals surface area (Å²) in [6.45, 7) is 3.96. The quantitative estimate of drug-likeness (QED) is 0.802. The Bertz CT molecular complexity index is 385. The lowest BCUT2D eigenvalue weighted by atomic mass is 10.2. The van der Waals surface area contributed by atoms with Crippen LogP contribution in [0.5, 0.6) is 0 Å². The van der Waals surface area contributed by atoms with Gasteiger partial charge in [-0.1, -0.05) is 15.9 Å². The van der Waals surface area contributed by atoms with Crippen LogP contribution in [0.15, 0.2) is 28.7 Å². The highest BCUT2D eigenvalue weighted by molar-refractivity contribution is 9.10. The maximum atomic E-state index is 11.9. The Morgan fingerprint density at radius 2 is 1.88 bits per heavy atom. The minimum absolute atomic E-state index is 0.0305. The molecule has 0 aromatic heterocycles. The van der Waals surface area contributed by atoms with Gasteiger partial charge < -0.3 is 4.90 Å². The van der Waals surface area contributed by atoms with Crippen LogP contribution >= 0.6 is 15.9 Å². The van der Waals surface area contributed by atoms with E-state index in [0.717, 1.165) is 30.7 Å². The van der Waals surface area contributed by atoms with Crippen LogP contribution in [0, 0.1) is 0 Å². The predicted octanol–water partition coefficient (Wildman–Crippen LogP) is -0.0758. The van der Waals surface area contributed by atoms with Gasteiger partial charge in [-0.3, -0.25) is 10.2 Å². The fourth-order valence-corrected chi connectivity index (χ4v) is 2.07. The molecule has 5 heteroatoms. The molecule has 0 saturated carbocycles. The Morgan fingerprint density at radius 3 is 2.47 bits per heavy atom. The van der Waals surface area contributed by atoms with Crippen molar-refractivity contribution in [3.05, 3.63) is 34.3 Å². The molecule has 0 unspecified atom stereocenters. The van der Waals surface area contributed by atoms with Gasteiger partial charge in [-0.05, 0) is 24.3 Å². The number of benzene rings is 1. The third-order valence-electron chi connectivity index (χ3n) is 2.98. The van der Waals surface area contributed by atoms with Crippen molar-refractivity contribution < 1.29 is 9.69 Å². The first-order valence-electron chi connectivity index (χ1n) is 5.78. The Labute approximate surface area is 110 Å². The molecule has 1 aromatic carbocycles. The second-order valence-corrected chi connectivity index (χ2v) is 5.31. The van der Waals surface area contributed by atoms with E-state index < -0.39 is 0 Å². The van der Waals surface area contributed by atoms with E-state index in [4.69, 9.17) is 0 Å². The zero-order chi connectivity index (χ0) is 12.3. The number of halogens is 1. The summed E-state index contributed by atoms with van der Waals surface area (Å²) in [5.74, 6) is -0.0305. The Hall–Kier alpha value is -0.910. The van der Waals surface area contributed by atoms with Gasteiger partial charge in [0, 0.05) is 10.0 Å². The highest BCUT2D eigenvalue weighted by atomic mass is 79.9. The minimum Gasteiger partial charge on any atom is -0.335 e. The number of nitrogens with one attached hydrogen (secondary N) is 2. The summed E-state index contributed by atoms with van der Waals surface area (Å²) in [6, 6.07) is 7.40. The minimum atomic E-state index is -0.0305. The lowest BCUT2D eigenvalue weighted by molar-refractivity contribution is -0.884. The van der Waals surface area contributed by atoms with Crippen molar-refractivity contribution in [2.75, 3.05) is 33.2 Å². The lowest BCUT2D eigenvalue weighted by Crippen LogP contribution is -3.12. The highest BCUT2D eigenvalue weighted by Crippen LogP contribution is 2.10. The van der Waals surface area contributed by atoms with E-state index in [1.165, 1.54) is 4.90 Å². The van der Waals surface area contributed by atoms with Gasteiger partial charge in [-0.2, -0.15) is 0 Å². The van der Waals surface area contributed by atoms with Gasteiger partial charge in [0.05, 0.1) is 33.2 Å². The van der Waals surface area contributed by atoms with Crippen LogP contribution in [0.25, 0.3) is 0 Å². The molecule has 0 aliphatic carbocycles. The number of hydrogen-bond acceptors (Lipinski definition) is 2. The van der Waals surface area contributed by atoms with Gasteiger partial charge in [0.15, 0.2) is 0 Å². The van der Waals surface area contributed by atoms with Gasteiger partial charge in [0.1, 0.15) is 0 Å². The predicted molar refractivity (Wildman–Crippen MR) is 69.8 cm³/mol. The van der Waals surface area contributed by atoms with Crippen molar-refractivity contribution in [3.63, 3.8) is 0 Å². The standard InChI is InChI=1S/C12H16BrN3O/c1-15-6-8-16(9-7-15)14-12(17)10-2-4-11(13)5-3-10/h2-5H,6-9H2,1H3,(H,14,17)/p+1. The largest absolute Gasteiger partial charge is 0.335 e. The SMILES string of the molecule is C[NH+]1CCN(NC(=O)c2ccc(Br)cc2)CC1. The monoisotopic (exact) mass is 298 g/mol. The number of quaternary nitrogens is 1. The molecule has 1 aromatic rings. The number of rotatable bonds is 2. The summed E-state index contributed by atoms with van der Waals surface area (Å²) in [4.78, 5) is 13.4. The molecule has 2 N–H and O–H groups in total. The molecule has 1 heterocycles. The van der Waals surface area contributed by atoms with Crippen molar-refractivity contribution in [2.24, 2.45) is 0 Å². The molecule has 0 radical (unpaired) electrons. The zero-order valence-electron chi connectivity index (χ0n) is 9.87. The molecule has 92 valence electrons. The summed E-state index contributed by atoms with van der Waals surface area (Å²) in [5, 5.41) is 2.00. The Morgan fingerprint density at radius 1 is 1.29 bits per heavy atom. The number of hydrazine groups is 1. The molecule has 0 spiro atoms. The van der Waals surface area contributed by atoms with Crippen molar-refractivity contribution in [1.82, 2.24) is 10.4 Å². The molecule has 1 amide bonds. The van der Waals surface area contributed by atoms with Crippen molar-refractivity contribution in [2.45, 2.75) is 0 Å². The van der Waals surface area contributed by atoms with Crippen LogP contribution in [0.4, 0.5) is 0 Å². The third-order valence-corrected chi connectivity index (χ3v) is 3.51. The van der Waals surface area contributed by atoms with E-state index in [9.17, 15) is 4.79 Å². The van der Waals surface area contributed by atoms with Crippen LogP contribution in [0.3, 0.4) is 0 Å². The molecular formula is C12H17BrN3O+. The molecule has 17 heavy (non-hydrogen) atoms. The second-order valence-electron chi connectivity index (χ2n) is 4.39. The van der Waals surface area contributed by atoms with E-state index in [-0.39, 0.29) is 5.91 Å². The first-order chi connectivity index (χ1) is 8.15. The third kappa shape index (κ3) is 3.52. The molecular weight excluding hydrogens is 282 g/mol. The van der Waals surface area contributed by atoms with Crippen LogP contribution in [-0.2, 0) is 0 Å². The topological polar surface area (TPSA) is 36.8 Å². The number of carbonyl (C=O) groups is 1. The van der Waals surface area contributed by atoms with Gasteiger partial charge in [0.25, 0.3) is 5.91 Å². The highest BCUT2D eigenvalue weighted by Gasteiger charge is 2.18. The average Bonchev–Trinajstić information content (AvgIpc) is 2.33. The fourth-order valence-electron chi connectivity index (χ4n) is 1.81. The lowest BCUT2D eigenvalue weighted by Gasteiger charge is -2.30. The number of nitrogens with zero attached hydrogens (tertiary/aromatic N) is 1. The number of hydrogen-bond donors (Lipinski definition) is 2. The maximum absolute atomic E-state index is 11.9. The Kier molecular flexibility index (Phi) is 4.15. The smallest absolute Gasteiger partial charge is 0.265 e. The number of carbonyl (C=O) groups excluding carboxylic acids is 1. The number of amides is 1. The first kappa shape index (κ1) is 12.5. The van der Waals surface area contributed by atoms with Crippen molar-refractivity contribution >= 4 is 21.8 Å². The summed E-state index contributed by atoms with van der Waals surface area (Å²) < 4.78 is 0.984. The van der Waals surface area contributed by atoms with Crippen LogP contribution in [-0.4, -0.2) is 44.1 Å². The van der Waals surface area contributed by atoms with Crippen LogP contribution in [0.2, 0.25) is 0 Å². The van der Waals surface area contributed by atoms with E-state index in [1.807, 2.05) is 29.3 Å². The zero-order valence-corrected chi connectivity index (χ0v) is 11.5. The molecule has 2 rings (SSSR count). The molecule has 4 nitrogen and oxygen atoms in total. The fraction of sp³-hybridized carbons (Fsp3) is 0.417. The van der Waals surface area contributed by atoms with E-state index >= 15 is 0 Å². The van der Waals surface area contributed by atoms with E-state index in [2.05, 4.69) is 28.4 Å². The number of piperazine rings is 1.